The molecular formula is C7H11F3OS. The third-order valence-corrected chi connectivity index (χ3v) is 1.80. The molecule has 1 nitrogen and oxygen atoms in total. The zero-order valence-corrected chi connectivity index (χ0v) is 7.38. The maximum Gasteiger partial charge on any atom is 0.411 e. The summed E-state index contributed by atoms with van der Waals surface area (Å²) in [5.74, 6) is 1.32. The zero-order valence-electron chi connectivity index (χ0n) is 6.56. The van der Waals surface area contributed by atoms with Crippen molar-refractivity contribution >= 4 is 11.8 Å². The van der Waals surface area contributed by atoms with Gasteiger partial charge in [-0.3, -0.25) is 0 Å². The second kappa shape index (κ2) is 6.37. The van der Waals surface area contributed by atoms with Crippen molar-refractivity contribution in [2.45, 2.75) is 6.18 Å². The number of rotatable bonds is 6. The Morgan fingerprint density at radius 2 is 2.08 bits per heavy atom. The van der Waals surface area contributed by atoms with Crippen LogP contribution in [0.4, 0.5) is 13.2 Å². The second-order valence-electron chi connectivity index (χ2n) is 2.03. The fourth-order valence-electron chi connectivity index (χ4n) is 0.472. The summed E-state index contributed by atoms with van der Waals surface area (Å²) in [6.07, 6.45) is -2.50. The molecule has 0 saturated heterocycles. The highest BCUT2D eigenvalue weighted by atomic mass is 32.2. The molecule has 0 aliphatic carbocycles. The van der Waals surface area contributed by atoms with E-state index in [1.54, 1.807) is 6.08 Å². The lowest BCUT2D eigenvalue weighted by molar-refractivity contribution is -0.172. The molecule has 72 valence electrons. The van der Waals surface area contributed by atoms with Gasteiger partial charge in [0.15, 0.2) is 0 Å². The molecule has 0 fully saturated rings. The van der Waals surface area contributed by atoms with Crippen LogP contribution in [-0.2, 0) is 4.74 Å². The molecule has 0 radical (unpaired) electrons. The molecule has 0 rings (SSSR count). The minimum atomic E-state index is -4.21. The number of alkyl halides is 3. The summed E-state index contributed by atoms with van der Waals surface area (Å²) in [5, 5.41) is 0. The minimum Gasteiger partial charge on any atom is -0.371 e. The average Bonchev–Trinajstić information content (AvgIpc) is 1.94. The first-order valence-electron chi connectivity index (χ1n) is 3.39. The number of ether oxygens (including phenoxy) is 1. The predicted octanol–water partition coefficient (Wildman–Crippen LogP) is 2.48. The van der Waals surface area contributed by atoms with Crippen LogP contribution in [0.15, 0.2) is 12.7 Å². The second-order valence-corrected chi connectivity index (χ2v) is 3.18. The van der Waals surface area contributed by atoms with Gasteiger partial charge in [-0.2, -0.15) is 24.9 Å². The fraction of sp³-hybridized carbons (Fsp3) is 0.714. The zero-order chi connectivity index (χ0) is 9.45. The van der Waals surface area contributed by atoms with E-state index in [9.17, 15) is 13.2 Å². The van der Waals surface area contributed by atoms with Gasteiger partial charge in [0.1, 0.15) is 6.61 Å². The summed E-state index contributed by atoms with van der Waals surface area (Å²) in [6.45, 7) is 2.46. The Morgan fingerprint density at radius 1 is 1.42 bits per heavy atom. The van der Waals surface area contributed by atoms with Gasteiger partial charge in [0.05, 0.1) is 6.61 Å². The Balaban J connectivity index is 3.06. The Kier molecular flexibility index (Phi) is 6.28. The molecule has 5 heteroatoms. The van der Waals surface area contributed by atoms with E-state index in [0.29, 0.717) is 5.75 Å². The number of hydrogen-bond donors (Lipinski definition) is 0. The van der Waals surface area contributed by atoms with Crippen LogP contribution < -0.4 is 0 Å². The van der Waals surface area contributed by atoms with Gasteiger partial charge in [0.25, 0.3) is 0 Å². The van der Waals surface area contributed by atoms with Gasteiger partial charge in [-0.05, 0) is 0 Å². The molecule has 0 aromatic heterocycles. The van der Waals surface area contributed by atoms with E-state index in [0.717, 1.165) is 5.75 Å². The molecule has 0 spiro atoms. The Labute approximate surface area is 74.0 Å². The van der Waals surface area contributed by atoms with Crippen LogP contribution in [0.2, 0.25) is 0 Å². The first kappa shape index (κ1) is 11.8. The lowest BCUT2D eigenvalue weighted by Crippen LogP contribution is -2.17. The van der Waals surface area contributed by atoms with Crippen molar-refractivity contribution in [1.82, 2.24) is 0 Å². The molecule has 0 amide bonds. The highest BCUT2D eigenvalue weighted by molar-refractivity contribution is 7.99. The minimum absolute atomic E-state index is 0.137. The van der Waals surface area contributed by atoms with Crippen molar-refractivity contribution in [3.05, 3.63) is 12.7 Å². The third kappa shape index (κ3) is 9.84. The fourth-order valence-corrected chi connectivity index (χ4v) is 1.04. The largest absolute Gasteiger partial charge is 0.411 e. The number of hydrogen-bond acceptors (Lipinski definition) is 2. The number of halogens is 3. The molecule has 0 heterocycles. The molecule has 12 heavy (non-hydrogen) atoms. The van der Waals surface area contributed by atoms with E-state index in [2.05, 4.69) is 11.3 Å². The summed E-state index contributed by atoms with van der Waals surface area (Å²) in [5.41, 5.74) is 0. The van der Waals surface area contributed by atoms with Gasteiger partial charge in [-0.25, -0.2) is 0 Å². The van der Waals surface area contributed by atoms with Crippen LogP contribution in [-0.4, -0.2) is 30.9 Å². The first-order valence-corrected chi connectivity index (χ1v) is 4.55. The summed E-state index contributed by atoms with van der Waals surface area (Å²) in [6, 6.07) is 0. The van der Waals surface area contributed by atoms with Crippen LogP contribution in [0.25, 0.3) is 0 Å². The van der Waals surface area contributed by atoms with Gasteiger partial charge in [0, 0.05) is 11.5 Å². The van der Waals surface area contributed by atoms with Crippen molar-refractivity contribution < 1.29 is 17.9 Å². The van der Waals surface area contributed by atoms with E-state index < -0.39 is 12.8 Å². The van der Waals surface area contributed by atoms with Gasteiger partial charge >= 0.3 is 6.18 Å². The summed E-state index contributed by atoms with van der Waals surface area (Å²) in [4.78, 5) is 0. The van der Waals surface area contributed by atoms with Gasteiger partial charge in [-0.1, -0.05) is 6.08 Å². The predicted molar refractivity (Wildman–Crippen MR) is 44.4 cm³/mol. The lowest BCUT2D eigenvalue weighted by atomic mass is 10.7. The van der Waals surface area contributed by atoms with Crippen molar-refractivity contribution in [2.75, 3.05) is 24.7 Å². The van der Waals surface area contributed by atoms with Gasteiger partial charge in [0.2, 0.25) is 0 Å². The first-order chi connectivity index (χ1) is 5.56. The standard InChI is InChI=1S/C7H11F3OS/c1-2-4-12-5-3-11-6-7(8,9)10/h2H,1,3-6H2. The van der Waals surface area contributed by atoms with Crippen LogP contribution in [0.3, 0.4) is 0 Å². The summed E-state index contributed by atoms with van der Waals surface area (Å²) < 4.78 is 38.8. The van der Waals surface area contributed by atoms with Crippen LogP contribution in [0.1, 0.15) is 0 Å². The molecule has 0 bridgehead atoms. The maximum absolute atomic E-state index is 11.5. The Morgan fingerprint density at radius 3 is 2.58 bits per heavy atom. The molecule has 0 aromatic carbocycles. The van der Waals surface area contributed by atoms with Crippen molar-refractivity contribution in [1.29, 1.82) is 0 Å². The molecular weight excluding hydrogens is 189 g/mol. The van der Waals surface area contributed by atoms with E-state index in [1.807, 2.05) is 0 Å². The molecule has 0 N–H and O–H groups in total. The maximum atomic E-state index is 11.5. The van der Waals surface area contributed by atoms with E-state index in [-0.39, 0.29) is 6.61 Å². The van der Waals surface area contributed by atoms with Crippen molar-refractivity contribution in [3.63, 3.8) is 0 Å². The number of thioether (sulfide) groups is 1. The topological polar surface area (TPSA) is 9.23 Å². The quantitative estimate of drug-likeness (QED) is 0.481. The monoisotopic (exact) mass is 200 g/mol. The molecule has 0 aliphatic rings. The average molecular weight is 200 g/mol. The van der Waals surface area contributed by atoms with Crippen molar-refractivity contribution in [2.24, 2.45) is 0 Å². The normalized spacial score (nSPS) is 11.6. The molecule has 0 unspecified atom stereocenters. The van der Waals surface area contributed by atoms with Gasteiger partial charge < -0.3 is 4.74 Å². The molecule has 0 saturated carbocycles. The van der Waals surface area contributed by atoms with Crippen molar-refractivity contribution in [3.8, 4) is 0 Å². The Bertz CT molecular complexity index is 124. The van der Waals surface area contributed by atoms with E-state index in [1.165, 1.54) is 11.8 Å². The highest BCUT2D eigenvalue weighted by Gasteiger charge is 2.27. The van der Waals surface area contributed by atoms with E-state index in [4.69, 9.17) is 0 Å². The highest BCUT2D eigenvalue weighted by Crippen LogP contribution is 2.14. The summed E-state index contributed by atoms with van der Waals surface area (Å²) in [7, 11) is 0. The molecule has 0 aliphatic heterocycles. The van der Waals surface area contributed by atoms with E-state index >= 15 is 0 Å². The molecule has 0 aromatic rings. The third-order valence-electron chi connectivity index (χ3n) is 0.873. The van der Waals surface area contributed by atoms with Crippen LogP contribution >= 0.6 is 11.8 Å². The lowest BCUT2D eigenvalue weighted by Gasteiger charge is -2.06. The van der Waals surface area contributed by atoms with Crippen LogP contribution in [0, 0.1) is 0 Å². The smallest absolute Gasteiger partial charge is 0.371 e. The molecule has 0 atom stereocenters. The SMILES string of the molecule is C=CCSCCOCC(F)(F)F. The van der Waals surface area contributed by atoms with Gasteiger partial charge in [-0.15, -0.1) is 6.58 Å². The van der Waals surface area contributed by atoms with Crippen LogP contribution in [0.5, 0.6) is 0 Å². The Hall–Kier alpha value is -0.160. The summed E-state index contributed by atoms with van der Waals surface area (Å²) >= 11 is 1.49.